The Hall–Kier alpha value is -6.63. The third-order valence-electron chi connectivity index (χ3n) is 23.9. The maximum atomic E-state index is 14.5. The molecule has 8 aliphatic rings. The van der Waals surface area contributed by atoms with E-state index in [1.807, 2.05) is 6.07 Å². The number of benzene rings is 8. The molecule has 6 heteroatoms. The fourth-order valence-electron chi connectivity index (χ4n) is 18.5. The molecule has 4 heterocycles. The molecule has 84 heavy (non-hydrogen) atoms. The van der Waals surface area contributed by atoms with Crippen molar-refractivity contribution in [2.75, 3.05) is 14.7 Å². The molecule has 1 fully saturated rings. The molecule has 424 valence electrons. The summed E-state index contributed by atoms with van der Waals surface area (Å²) in [6, 6.07) is 57.7. The van der Waals surface area contributed by atoms with Gasteiger partial charge in [-0.05, 0) is 206 Å². The van der Waals surface area contributed by atoms with E-state index in [1.54, 1.807) is 0 Å². The van der Waals surface area contributed by atoms with Crippen LogP contribution in [-0.2, 0) is 48.7 Å². The van der Waals surface area contributed by atoms with Crippen LogP contribution in [0.15, 0.2) is 155 Å². The molecule has 8 aromatic rings. The van der Waals surface area contributed by atoms with Crippen LogP contribution in [0.5, 0.6) is 0 Å². The van der Waals surface area contributed by atoms with Crippen molar-refractivity contribution >= 4 is 79.4 Å². The topological polar surface area (TPSA) is 26.8 Å². The lowest BCUT2D eigenvalue weighted by atomic mass is 9.32. The molecule has 3 atom stereocenters. The van der Waals surface area contributed by atoms with E-state index in [0.29, 0.717) is 0 Å². The number of fused-ring (bicyclic) bond motifs is 14. The van der Waals surface area contributed by atoms with Crippen LogP contribution in [0.3, 0.4) is 0 Å². The molecule has 4 aliphatic heterocycles. The van der Waals surface area contributed by atoms with Crippen LogP contribution in [0, 0.1) is 0 Å². The van der Waals surface area contributed by atoms with Gasteiger partial charge >= 0.3 is 0 Å². The van der Waals surface area contributed by atoms with Crippen molar-refractivity contribution in [3.05, 3.63) is 196 Å². The summed E-state index contributed by atoms with van der Waals surface area (Å²) >= 11 is 0. The minimum Gasteiger partial charge on any atom is -0.334 e. The van der Waals surface area contributed by atoms with Crippen LogP contribution in [0.4, 0.5) is 45.5 Å². The highest BCUT2D eigenvalue weighted by Crippen LogP contribution is 2.63. The number of hydrogen-bond acceptors (Lipinski definition) is 4. The predicted molar refractivity (Wildman–Crippen MR) is 355 cm³/mol. The Labute approximate surface area is 503 Å². The van der Waals surface area contributed by atoms with Gasteiger partial charge < -0.3 is 14.7 Å². The van der Waals surface area contributed by atoms with Crippen molar-refractivity contribution in [3.63, 3.8) is 0 Å². The van der Waals surface area contributed by atoms with Crippen molar-refractivity contribution in [2.45, 2.75) is 202 Å². The predicted octanol–water partition coefficient (Wildman–Crippen LogP) is 18.3. The first-order valence-electron chi connectivity index (χ1n) is 31.7. The van der Waals surface area contributed by atoms with E-state index in [9.17, 15) is 4.21 Å². The van der Waals surface area contributed by atoms with E-state index >= 15 is 0 Å². The standard InChI is InChI=1S/C78H82BN3OS/c1-71(2)35-36-72(3,4)56-40-48(29-31-52(56)71)81-64-45-58-57(73(5,6)37-38-74(58,7)8)43-61(64)79-62-44-59-60(76(11,12)54-25-17-16-24-53(54)75(59,9)10)46-65(62)80(47-30-32-69-51(39-47)50-23-15-20-28-68(50)84(69)83)66-41-49(42-67(81)70(66)79)82-63-27-19-18-26-55(63)77(13)33-21-22-34-78(77,82)14/h15-20,23-32,39-46H,21-22,33-38H2,1-14H3. The Morgan fingerprint density at radius 2 is 0.845 bits per heavy atom. The van der Waals surface area contributed by atoms with Gasteiger partial charge in [0.05, 0.1) is 26.1 Å². The molecule has 0 radical (unpaired) electrons. The van der Waals surface area contributed by atoms with Crippen LogP contribution in [-0.4, -0.2) is 16.5 Å². The maximum absolute atomic E-state index is 14.5. The second kappa shape index (κ2) is 16.9. The highest BCUT2D eigenvalue weighted by atomic mass is 32.2. The van der Waals surface area contributed by atoms with Crippen molar-refractivity contribution in [3.8, 4) is 11.1 Å². The number of nitrogens with zero attached hydrogens (tertiary/aromatic N) is 3. The third-order valence-corrected chi connectivity index (χ3v) is 25.5. The van der Waals surface area contributed by atoms with Gasteiger partial charge in [0.15, 0.2) is 0 Å². The van der Waals surface area contributed by atoms with E-state index in [4.69, 9.17) is 0 Å². The highest BCUT2D eigenvalue weighted by molar-refractivity contribution is 7.85. The summed E-state index contributed by atoms with van der Waals surface area (Å²) in [5.74, 6) is 0. The molecule has 0 N–H and O–H groups in total. The average Bonchev–Trinajstić information content (AvgIpc) is 0.843. The Morgan fingerprint density at radius 3 is 1.49 bits per heavy atom. The zero-order chi connectivity index (χ0) is 58.4. The van der Waals surface area contributed by atoms with Gasteiger partial charge in [0.2, 0.25) is 0 Å². The lowest BCUT2D eigenvalue weighted by Gasteiger charge is -2.52. The quantitative estimate of drug-likeness (QED) is 0.165. The second-order valence-electron chi connectivity index (χ2n) is 31.1. The second-order valence-corrected chi connectivity index (χ2v) is 32.5. The van der Waals surface area contributed by atoms with Gasteiger partial charge in [-0.3, -0.25) is 0 Å². The van der Waals surface area contributed by atoms with Crippen molar-refractivity contribution in [1.29, 1.82) is 0 Å². The first-order valence-corrected chi connectivity index (χ1v) is 32.9. The lowest BCUT2D eigenvalue weighted by Crippen LogP contribution is -2.62. The minimum absolute atomic E-state index is 0.00827. The smallest absolute Gasteiger partial charge is 0.252 e. The van der Waals surface area contributed by atoms with E-state index in [2.05, 4.69) is 251 Å². The van der Waals surface area contributed by atoms with Gasteiger partial charge in [-0.15, -0.1) is 0 Å². The number of anilines is 8. The molecule has 0 saturated heterocycles. The maximum Gasteiger partial charge on any atom is 0.252 e. The largest absolute Gasteiger partial charge is 0.334 e. The molecular weight excluding hydrogens is 1040 g/mol. The first kappa shape index (κ1) is 52.9. The first-order chi connectivity index (χ1) is 39.8. The van der Waals surface area contributed by atoms with Crippen LogP contribution in [0.25, 0.3) is 11.1 Å². The molecule has 0 amide bonds. The molecule has 0 bridgehead atoms. The molecule has 4 aliphatic carbocycles. The summed E-state index contributed by atoms with van der Waals surface area (Å²) in [5, 5.41) is 0. The van der Waals surface area contributed by atoms with Gasteiger partial charge in [-0.2, -0.15) is 0 Å². The Kier molecular flexibility index (Phi) is 10.6. The van der Waals surface area contributed by atoms with Crippen molar-refractivity contribution < 1.29 is 4.21 Å². The molecule has 4 nitrogen and oxygen atoms in total. The molecule has 8 aromatic carbocycles. The highest BCUT2D eigenvalue weighted by Gasteiger charge is 2.59. The summed E-state index contributed by atoms with van der Waals surface area (Å²) in [6.07, 6.45) is 9.31. The Balaban J connectivity index is 1.07. The monoisotopic (exact) mass is 1120 g/mol. The number of rotatable bonds is 3. The third kappa shape index (κ3) is 6.76. The zero-order valence-corrected chi connectivity index (χ0v) is 53.1. The lowest BCUT2D eigenvalue weighted by molar-refractivity contribution is 0.195. The van der Waals surface area contributed by atoms with E-state index < -0.39 is 10.8 Å². The summed E-state index contributed by atoms with van der Waals surface area (Å²) in [4.78, 5) is 10.1. The molecule has 0 spiro atoms. The summed E-state index contributed by atoms with van der Waals surface area (Å²) < 4.78 is 14.5. The summed E-state index contributed by atoms with van der Waals surface area (Å²) in [7, 11) is -1.27. The zero-order valence-electron chi connectivity index (χ0n) is 52.2. The van der Waals surface area contributed by atoms with Crippen molar-refractivity contribution in [2.24, 2.45) is 0 Å². The number of hydrogen-bond donors (Lipinski definition) is 0. The summed E-state index contributed by atoms with van der Waals surface area (Å²) in [5.41, 5.74) is 28.4. The molecule has 3 unspecified atom stereocenters. The SMILES string of the molecule is CC1(C)CCC(C)(C)c2cc(N3c4cc5c(cc4B4c6cc7c(cc6N(c6ccc8c(c6)-c6ccccc6S8=O)c6cc(N8c9ccccc9C9(C)CCCCC89C)cc3c64)C(C)(C)c3ccccc3C7(C)C)C(C)(C)CCC5(C)C)ccc21. The Morgan fingerprint density at radius 1 is 0.369 bits per heavy atom. The van der Waals surface area contributed by atoms with Gasteiger partial charge in [-0.1, -0.05) is 182 Å². The molecule has 16 rings (SSSR count). The van der Waals surface area contributed by atoms with Gasteiger partial charge in [0.25, 0.3) is 6.71 Å². The average molecular weight is 1120 g/mol. The molecule has 1 saturated carbocycles. The van der Waals surface area contributed by atoms with Crippen LogP contribution < -0.4 is 31.1 Å². The van der Waals surface area contributed by atoms with Crippen LogP contribution in [0.2, 0.25) is 0 Å². The van der Waals surface area contributed by atoms with Crippen LogP contribution in [0.1, 0.15) is 198 Å². The summed E-state index contributed by atoms with van der Waals surface area (Å²) in [6.45, 7) is 34.9. The fraction of sp³-hybridized carbons (Fsp3) is 0.385. The number of para-hydroxylation sites is 1. The molecule has 0 aromatic heterocycles. The van der Waals surface area contributed by atoms with E-state index in [0.717, 1.165) is 58.7 Å². The van der Waals surface area contributed by atoms with Gasteiger partial charge in [-0.25, -0.2) is 4.21 Å². The minimum atomic E-state index is -1.27. The van der Waals surface area contributed by atoms with Crippen LogP contribution >= 0.6 is 0 Å². The van der Waals surface area contributed by atoms with Crippen molar-refractivity contribution in [1.82, 2.24) is 0 Å². The van der Waals surface area contributed by atoms with E-state index in [1.165, 1.54) is 126 Å². The normalized spacial score (nSPS) is 24.7. The van der Waals surface area contributed by atoms with E-state index in [-0.39, 0.29) is 50.2 Å². The Bertz CT molecular complexity index is 4270. The van der Waals surface area contributed by atoms with Gasteiger partial charge in [0, 0.05) is 67.3 Å². The molecular formula is C78H82BN3OS. The van der Waals surface area contributed by atoms with Gasteiger partial charge in [0.1, 0.15) is 0 Å². The fourth-order valence-corrected chi connectivity index (χ4v) is 19.9.